The van der Waals surface area contributed by atoms with Crippen molar-refractivity contribution in [3.05, 3.63) is 35.4 Å². The summed E-state index contributed by atoms with van der Waals surface area (Å²) in [6.07, 6.45) is 9.94. The van der Waals surface area contributed by atoms with Gasteiger partial charge >= 0.3 is 0 Å². The maximum Gasteiger partial charge on any atom is 0.145 e. The van der Waals surface area contributed by atoms with Gasteiger partial charge in [-0.05, 0) is 44.1 Å². The highest BCUT2D eigenvalue weighted by atomic mass is 35.5. The van der Waals surface area contributed by atoms with E-state index in [0.29, 0.717) is 28.1 Å². The summed E-state index contributed by atoms with van der Waals surface area (Å²) in [6.45, 7) is 2.48. The number of nitrogens with two attached hydrogens (primary N) is 1. The lowest BCUT2D eigenvalue weighted by Gasteiger charge is -2.22. The van der Waals surface area contributed by atoms with Gasteiger partial charge in [-0.3, -0.25) is 14.8 Å². The van der Waals surface area contributed by atoms with Crippen molar-refractivity contribution in [3.63, 3.8) is 0 Å². The number of aromatic nitrogens is 3. The summed E-state index contributed by atoms with van der Waals surface area (Å²) in [5.74, 6) is 1.53. The van der Waals surface area contributed by atoms with Gasteiger partial charge in [0, 0.05) is 55.6 Å². The highest BCUT2D eigenvalue weighted by molar-refractivity contribution is 6.33. The number of nitrogens with zero attached hydrogens (tertiary/aromatic N) is 3. The minimum Gasteiger partial charge on any atom is -0.381 e. The van der Waals surface area contributed by atoms with Crippen LogP contribution < -0.4 is 11.1 Å². The van der Waals surface area contributed by atoms with Gasteiger partial charge in [0.2, 0.25) is 0 Å². The number of carbonyl (C=O) groups is 1. The maximum absolute atomic E-state index is 12.6. The zero-order valence-corrected chi connectivity index (χ0v) is 17.8. The Balaban J connectivity index is 1.45. The van der Waals surface area contributed by atoms with Gasteiger partial charge in [0.25, 0.3) is 0 Å². The summed E-state index contributed by atoms with van der Waals surface area (Å²) < 4.78 is 5.41. The lowest BCUT2D eigenvalue weighted by atomic mass is 9.97. The number of halogens is 1. The molecule has 3 heterocycles. The SMILES string of the molecule is N[C@H]1CC[C@@H](C(=O)Cc2cc(-c3cncc(NCC4CCOCC4)n3)c(Cl)cn2)C1. The lowest BCUT2D eigenvalue weighted by Crippen LogP contribution is -2.23. The molecule has 2 fully saturated rings. The zero-order chi connectivity index (χ0) is 20.9. The van der Waals surface area contributed by atoms with Crippen molar-refractivity contribution in [3.8, 4) is 11.3 Å². The maximum atomic E-state index is 12.6. The Labute approximate surface area is 181 Å². The van der Waals surface area contributed by atoms with Gasteiger partial charge < -0.3 is 15.8 Å². The van der Waals surface area contributed by atoms with Gasteiger partial charge in [-0.1, -0.05) is 11.6 Å². The Kier molecular flexibility index (Phi) is 6.92. The molecule has 160 valence electrons. The second-order valence-electron chi connectivity index (χ2n) is 8.29. The van der Waals surface area contributed by atoms with Gasteiger partial charge in [0.1, 0.15) is 11.6 Å². The first-order valence-corrected chi connectivity index (χ1v) is 11.0. The predicted molar refractivity (Wildman–Crippen MR) is 116 cm³/mol. The fraction of sp³-hybridized carbons (Fsp3) is 0.545. The van der Waals surface area contributed by atoms with Gasteiger partial charge in [0.15, 0.2) is 0 Å². The van der Waals surface area contributed by atoms with Crippen molar-refractivity contribution in [1.29, 1.82) is 0 Å². The van der Waals surface area contributed by atoms with E-state index in [1.54, 1.807) is 18.6 Å². The van der Waals surface area contributed by atoms with E-state index in [1.165, 1.54) is 0 Å². The molecule has 1 saturated carbocycles. The topological polar surface area (TPSA) is 103 Å². The first-order chi connectivity index (χ1) is 14.6. The highest BCUT2D eigenvalue weighted by Gasteiger charge is 2.28. The van der Waals surface area contributed by atoms with E-state index in [2.05, 4.69) is 20.3 Å². The molecule has 1 aliphatic carbocycles. The summed E-state index contributed by atoms with van der Waals surface area (Å²) in [5, 5.41) is 3.87. The molecule has 2 aromatic heterocycles. The number of ether oxygens (including phenoxy) is 1. The highest BCUT2D eigenvalue weighted by Crippen LogP contribution is 2.29. The Morgan fingerprint density at radius 2 is 2.03 bits per heavy atom. The number of hydrogen-bond donors (Lipinski definition) is 2. The standard InChI is InChI=1S/C22H28ClN5O2/c23-19-11-26-17(9-21(29)15-1-2-16(24)7-15)8-18(19)20-12-25-13-22(28-20)27-10-14-3-5-30-6-4-14/h8,11-16H,1-7,9-10,24H2,(H,27,28)/t15-,16+/m1/s1. The van der Waals surface area contributed by atoms with Crippen LogP contribution in [-0.4, -0.2) is 46.5 Å². The number of nitrogens with one attached hydrogen (secondary N) is 1. The molecule has 30 heavy (non-hydrogen) atoms. The molecular formula is C22H28ClN5O2. The van der Waals surface area contributed by atoms with E-state index in [1.807, 2.05) is 6.07 Å². The molecule has 0 unspecified atom stereocenters. The third-order valence-corrected chi connectivity index (χ3v) is 6.32. The molecule has 2 aromatic rings. The van der Waals surface area contributed by atoms with Gasteiger partial charge in [-0.25, -0.2) is 4.98 Å². The van der Waals surface area contributed by atoms with E-state index in [0.717, 1.165) is 57.4 Å². The number of rotatable bonds is 7. The third-order valence-electron chi connectivity index (χ3n) is 6.02. The van der Waals surface area contributed by atoms with Crippen molar-refractivity contribution in [1.82, 2.24) is 15.0 Å². The molecule has 8 heteroatoms. The average molecular weight is 430 g/mol. The number of anilines is 1. The monoisotopic (exact) mass is 429 g/mol. The normalized spacial score (nSPS) is 22.2. The Morgan fingerprint density at radius 3 is 2.80 bits per heavy atom. The van der Waals surface area contributed by atoms with Crippen molar-refractivity contribution in [2.45, 2.75) is 44.6 Å². The summed E-state index contributed by atoms with van der Waals surface area (Å²) in [7, 11) is 0. The van der Waals surface area contributed by atoms with E-state index in [-0.39, 0.29) is 24.2 Å². The molecule has 1 aliphatic heterocycles. The van der Waals surface area contributed by atoms with Crippen LogP contribution in [0.15, 0.2) is 24.7 Å². The van der Waals surface area contributed by atoms with E-state index < -0.39 is 0 Å². The minimum absolute atomic E-state index is 0.0402. The van der Waals surface area contributed by atoms with Crippen molar-refractivity contribution >= 4 is 23.2 Å². The molecule has 2 aliphatic rings. The Bertz CT molecular complexity index is 888. The minimum atomic E-state index is 0.0402. The summed E-state index contributed by atoms with van der Waals surface area (Å²) in [6, 6.07) is 1.99. The molecule has 0 bridgehead atoms. The molecule has 0 amide bonds. The number of pyridine rings is 1. The third kappa shape index (κ3) is 5.33. The lowest BCUT2D eigenvalue weighted by molar-refractivity contribution is -0.122. The fourth-order valence-electron chi connectivity index (χ4n) is 4.19. The molecule has 1 saturated heterocycles. The van der Waals surface area contributed by atoms with Crippen LogP contribution in [0.1, 0.15) is 37.8 Å². The largest absolute Gasteiger partial charge is 0.381 e. The molecule has 4 rings (SSSR count). The van der Waals surface area contributed by atoms with Crippen LogP contribution in [0.5, 0.6) is 0 Å². The van der Waals surface area contributed by atoms with Gasteiger partial charge in [0.05, 0.1) is 23.1 Å². The van der Waals surface area contributed by atoms with Crippen LogP contribution in [0, 0.1) is 11.8 Å². The Morgan fingerprint density at radius 1 is 1.20 bits per heavy atom. The van der Waals surface area contributed by atoms with Crippen molar-refractivity contribution < 1.29 is 9.53 Å². The fourth-order valence-corrected chi connectivity index (χ4v) is 4.39. The van der Waals surface area contributed by atoms with E-state index >= 15 is 0 Å². The second kappa shape index (κ2) is 9.81. The number of hydrogen-bond acceptors (Lipinski definition) is 7. The van der Waals surface area contributed by atoms with Gasteiger partial charge in [-0.15, -0.1) is 0 Å². The molecule has 0 aromatic carbocycles. The van der Waals surface area contributed by atoms with Crippen LogP contribution in [0.2, 0.25) is 5.02 Å². The summed E-state index contributed by atoms with van der Waals surface area (Å²) in [4.78, 5) is 26.0. The molecular weight excluding hydrogens is 402 g/mol. The number of Topliss-reactive ketones (excluding diaryl/α,β-unsaturated/α-hetero) is 1. The quantitative estimate of drug-likeness (QED) is 0.696. The first kappa shape index (κ1) is 21.2. The summed E-state index contributed by atoms with van der Waals surface area (Å²) in [5.41, 5.74) is 8.05. The van der Waals surface area contributed by atoms with Crippen LogP contribution in [0.3, 0.4) is 0 Å². The zero-order valence-electron chi connectivity index (χ0n) is 17.0. The Hall–Kier alpha value is -2.09. The van der Waals surface area contributed by atoms with Crippen LogP contribution in [0.25, 0.3) is 11.3 Å². The van der Waals surface area contributed by atoms with E-state index in [9.17, 15) is 4.79 Å². The molecule has 3 N–H and O–H groups in total. The van der Waals surface area contributed by atoms with Crippen LogP contribution >= 0.6 is 11.6 Å². The number of ketones is 1. The molecule has 2 atom stereocenters. The smallest absolute Gasteiger partial charge is 0.145 e. The average Bonchev–Trinajstić information content (AvgIpc) is 3.21. The first-order valence-electron chi connectivity index (χ1n) is 10.6. The molecule has 0 spiro atoms. The second-order valence-corrected chi connectivity index (χ2v) is 8.70. The summed E-state index contributed by atoms with van der Waals surface area (Å²) >= 11 is 6.40. The molecule has 7 nitrogen and oxygen atoms in total. The van der Waals surface area contributed by atoms with E-state index in [4.69, 9.17) is 22.1 Å². The van der Waals surface area contributed by atoms with Crippen molar-refractivity contribution in [2.24, 2.45) is 17.6 Å². The van der Waals surface area contributed by atoms with Gasteiger partial charge in [-0.2, -0.15) is 0 Å². The van der Waals surface area contributed by atoms with Crippen LogP contribution in [0.4, 0.5) is 5.82 Å². The van der Waals surface area contributed by atoms with Crippen molar-refractivity contribution in [2.75, 3.05) is 25.1 Å². The molecule has 0 radical (unpaired) electrons. The predicted octanol–water partition coefficient (Wildman–Crippen LogP) is 3.27. The van der Waals surface area contributed by atoms with Crippen LogP contribution in [-0.2, 0) is 16.0 Å². The number of carbonyl (C=O) groups excluding carboxylic acids is 1.